The number of nitro groups is 1. The van der Waals surface area contributed by atoms with E-state index < -0.39 is 16.7 Å². The van der Waals surface area contributed by atoms with Crippen molar-refractivity contribution >= 4 is 28.5 Å². The Bertz CT molecular complexity index is 1040. The average molecular weight is 353 g/mol. The number of hydrazine groups is 1. The molecule has 0 atom stereocenters. The van der Waals surface area contributed by atoms with Gasteiger partial charge in [0.15, 0.2) is 5.76 Å². The maximum Gasteiger partial charge on any atom is 0.305 e. The van der Waals surface area contributed by atoms with Gasteiger partial charge in [-0.15, -0.1) is 0 Å². The first kappa shape index (κ1) is 17.2. The number of hydrogen-bond acceptors (Lipinski definition) is 5. The molecule has 0 aliphatic carbocycles. The van der Waals surface area contributed by atoms with Gasteiger partial charge in [-0.3, -0.25) is 30.6 Å². The van der Waals surface area contributed by atoms with E-state index in [1.54, 1.807) is 19.1 Å². The quantitative estimate of drug-likeness (QED) is 0.555. The standard InChI is InChI=1S/C18H15N3O5/c1-10-6-5-8-13(15(10)21(24)25)17(22)19-20-18(23)16-11(2)12-7-3-4-9-14(12)26-16/h3-9H,1-2H3,(H,19,22)(H,20,23). The van der Waals surface area contributed by atoms with Gasteiger partial charge in [-0.2, -0.15) is 0 Å². The molecule has 0 saturated heterocycles. The van der Waals surface area contributed by atoms with Gasteiger partial charge in [0, 0.05) is 16.5 Å². The third kappa shape index (κ3) is 3.00. The number of para-hydroxylation sites is 2. The molecule has 8 nitrogen and oxygen atoms in total. The molecule has 3 rings (SSSR count). The Hall–Kier alpha value is -3.68. The molecule has 3 aromatic rings. The topological polar surface area (TPSA) is 114 Å². The summed E-state index contributed by atoms with van der Waals surface area (Å²) in [6.45, 7) is 3.26. The van der Waals surface area contributed by atoms with Gasteiger partial charge in [-0.25, -0.2) is 0 Å². The number of benzene rings is 2. The minimum absolute atomic E-state index is 0.0604. The van der Waals surface area contributed by atoms with Gasteiger partial charge in [0.2, 0.25) is 0 Å². The summed E-state index contributed by atoms with van der Waals surface area (Å²) in [5.74, 6) is -1.38. The fraction of sp³-hybridized carbons (Fsp3) is 0.111. The molecule has 0 saturated carbocycles. The Kier molecular flexibility index (Phi) is 4.40. The first-order valence-corrected chi connectivity index (χ1v) is 7.73. The van der Waals surface area contributed by atoms with Crippen molar-refractivity contribution in [3.63, 3.8) is 0 Å². The van der Waals surface area contributed by atoms with Crippen molar-refractivity contribution in [1.82, 2.24) is 10.9 Å². The van der Waals surface area contributed by atoms with Crippen LogP contribution in [-0.2, 0) is 0 Å². The zero-order valence-electron chi connectivity index (χ0n) is 14.0. The number of nitrogens with zero attached hydrogens (tertiary/aromatic N) is 1. The van der Waals surface area contributed by atoms with Gasteiger partial charge in [0.05, 0.1) is 4.92 Å². The third-order valence-electron chi connectivity index (χ3n) is 4.00. The molecule has 0 aliphatic rings. The van der Waals surface area contributed by atoms with Crippen LogP contribution in [0.4, 0.5) is 5.69 Å². The van der Waals surface area contributed by atoms with Gasteiger partial charge in [-0.1, -0.05) is 30.3 Å². The lowest BCUT2D eigenvalue weighted by molar-refractivity contribution is -0.385. The van der Waals surface area contributed by atoms with E-state index in [2.05, 4.69) is 10.9 Å². The summed E-state index contributed by atoms with van der Waals surface area (Å²) in [5, 5.41) is 12.0. The normalized spacial score (nSPS) is 10.5. The molecule has 0 fully saturated rings. The highest BCUT2D eigenvalue weighted by Crippen LogP contribution is 2.25. The van der Waals surface area contributed by atoms with Crippen LogP contribution in [0.5, 0.6) is 0 Å². The number of nitro benzene ring substituents is 1. The van der Waals surface area contributed by atoms with E-state index in [0.29, 0.717) is 16.7 Å². The molecule has 1 heterocycles. The van der Waals surface area contributed by atoms with Crippen molar-refractivity contribution in [3.8, 4) is 0 Å². The SMILES string of the molecule is Cc1cccc(C(=O)NNC(=O)c2oc3ccccc3c2C)c1[N+](=O)[O-]. The van der Waals surface area contributed by atoms with Crippen molar-refractivity contribution in [2.75, 3.05) is 0 Å². The van der Waals surface area contributed by atoms with Crippen molar-refractivity contribution in [3.05, 3.63) is 75.0 Å². The Labute approximate surface area is 147 Å². The van der Waals surface area contributed by atoms with E-state index in [4.69, 9.17) is 4.42 Å². The van der Waals surface area contributed by atoms with Crippen LogP contribution in [0.25, 0.3) is 11.0 Å². The molecule has 1 aromatic heterocycles. The van der Waals surface area contributed by atoms with Gasteiger partial charge < -0.3 is 4.42 Å². The molecule has 2 amide bonds. The number of aryl methyl sites for hydroxylation is 2. The molecular weight excluding hydrogens is 338 g/mol. The molecule has 0 bridgehead atoms. The number of fused-ring (bicyclic) bond motifs is 1. The molecule has 0 aliphatic heterocycles. The smallest absolute Gasteiger partial charge is 0.305 e. The zero-order valence-corrected chi connectivity index (χ0v) is 14.0. The lowest BCUT2D eigenvalue weighted by Crippen LogP contribution is -2.42. The number of carbonyl (C=O) groups is 2. The molecule has 26 heavy (non-hydrogen) atoms. The molecule has 0 radical (unpaired) electrons. The van der Waals surface area contributed by atoms with Crippen LogP contribution in [0.1, 0.15) is 32.0 Å². The minimum atomic E-state index is -0.789. The number of hydrogen-bond donors (Lipinski definition) is 2. The van der Waals surface area contributed by atoms with Crippen LogP contribution in [0.3, 0.4) is 0 Å². The summed E-state index contributed by atoms with van der Waals surface area (Å²) in [4.78, 5) is 35.1. The van der Waals surface area contributed by atoms with E-state index in [1.807, 2.05) is 12.1 Å². The van der Waals surface area contributed by atoms with Crippen molar-refractivity contribution < 1.29 is 18.9 Å². The predicted molar refractivity (Wildman–Crippen MR) is 93.7 cm³/mol. The average Bonchev–Trinajstić information content (AvgIpc) is 2.96. The van der Waals surface area contributed by atoms with E-state index >= 15 is 0 Å². The van der Waals surface area contributed by atoms with Crippen LogP contribution in [0, 0.1) is 24.0 Å². The van der Waals surface area contributed by atoms with E-state index in [0.717, 1.165) is 5.39 Å². The van der Waals surface area contributed by atoms with Gasteiger partial charge >= 0.3 is 5.91 Å². The molecule has 8 heteroatoms. The number of carbonyl (C=O) groups excluding carboxylic acids is 2. The summed E-state index contributed by atoms with van der Waals surface area (Å²) in [5.41, 5.74) is 5.50. The Morgan fingerprint density at radius 2 is 1.69 bits per heavy atom. The second-order valence-corrected chi connectivity index (χ2v) is 5.69. The van der Waals surface area contributed by atoms with E-state index in [9.17, 15) is 19.7 Å². The van der Waals surface area contributed by atoms with Crippen molar-refractivity contribution in [1.29, 1.82) is 0 Å². The van der Waals surface area contributed by atoms with Crippen LogP contribution >= 0.6 is 0 Å². The summed E-state index contributed by atoms with van der Waals surface area (Å²) >= 11 is 0. The third-order valence-corrected chi connectivity index (χ3v) is 4.00. The van der Waals surface area contributed by atoms with Crippen LogP contribution in [0.2, 0.25) is 0 Å². The lowest BCUT2D eigenvalue weighted by atomic mass is 10.1. The molecule has 132 valence electrons. The maximum atomic E-state index is 12.3. The number of nitrogens with one attached hydrogen (secondary N) is 2. The molecule has 2 aromatic carbocycles. The molecule has 2 N–H and O–H groups in total. The molecular formula is C18H15N3O5. The van der Waals surface area contributed by atoms with Gasteiger partial charge in [-0.05, 0) is 26.0 Å². The summed E-state index contributed by atoms with van der Waals surface area (Å²) in [6, 6.07) is 11.5. The minimum Gasteiger partial charge on any atom is -0.451 e. The van der Waals surface area contributed by atoms with Crippen LogP contribution in [-0.4, -0.2) is 16.7 Å². The highest BCUT2D eigenvalue weighted by molar-refractivity contribution is 6.02. The zero-order chi connectivity index (χ0) is 18.8. The van der Waals surface area contributed by atoms with Crippen LogP contribution < -0.4 is 10.9 Å². The van der Waals surface area contributed by atoms with E-state index in [1.165, 1.54) is 25.1 Å². The number of furan rings is 1. The Morgan fingerprint density at radius 1 is 1.00 bits per heavy atom. The van der Waals surface area contributed by atoms with Crippen molar-refractivity contribution in [2.45, 2.75) is 13.8 Å². The Balaban J connectivity index is 1.79. The van der Waals surface area contributed by atoms with E-state index in [-0.39, 0.29) is 17.0 Å². The predicted octanol–water partition coefficient (Wildman–Crippen LogP) is 3.03. The lowest BCUT2D eigenvalue weighted by Gasteiger charge is -2.08. The van der Waals surface area contributed by atoms with Gasteiger partial charge in [0.1, 0.15) is 11.1 Å². The monoisotopic (exact) mass is 353 g/mol. The van der Waals surface area contributed by atoms with Crippen LogP contribution in [0.15, 0.2) is 46.9 Å². The summed E-state index contributed by atoms with van der Waals surface area (Å²) in [7, 11) is 0. The second kappa shape index (κ2) is 6.67. The fourth-order valence-electron chi connectivity index (χ4n) is 2.71. The van der Waals surface area contributed by atoms with Crippen molar-refractivity contribution in [2.24, 2.45) is 0 Å². The van der Waals surface area contributed by atoms with Gasteiger partial charge in [0.25, 0.3) is 11.6 Å². The number of amides is 2. The molecule has 0 unspecified atom stereocenters. The Morgan fingerprint density at radius 3 is 2.38 bits per heavy atom. The highest BCUT2D eigenvalue weighted by Gasteiger charge is 2.23. The summed E-state index contributed by atoms with van der Waals surface area (Å²) in [6.07, 6.45) is 0. The number of rotatable bonds is 3. The largest absolute Gasteiger partial charge is 0.451 e. The second-order valence-electron chi connectivity index (χ2n) is 5.69. The first-order chi connectivity index (χ1) is 12.4. The molecule has 0 spiro atoms. The highest BCUT2D eigenvalue weighted by atomic mass is 16.6. The fourth-order valence-corrected chi connectivity index (χ4v) is 2.71. The maximum absolute atomic E-state index is 12.3. The first-order valence-electron chi connectivity index (χ1n) is 7.73. The summed E-state index contributed by atoms with van der Waals surface area (Å²) < 4.78 is 5.51.